The van der Waals surface area contributed by atoms with Crippen LogP contribution in [0.15, 0.2) is 24.3 Å². The molecule has 0 aliphatic carbocycles. The Morgan fingerprint density at radius 2 is 2.26 bits per heavy atom. The highest BCUT2D eigenvalue weighted by molar-refractivity contribution is 6.02. The Balaban J connectivity index is 2.03. The van der Waals surface area contributed by atoms with E-state index in [2.05, 4.69) is 10.3 Å². The summed E-state index contributed by atoms with van der Waals surface area (Å²) in [6.07, 6.45) is 1.89. The quantitative estimate of drug-likeness (QED) is 0.591. The van der Waals surface area contributed by atoms with Crippen molar-refractivity contribution in [2.45, 2.75) is 0 Å². The van der Waals surface area contributed by atoms with Gasteiger partial charge in [0, 0.05) is 36.1 Å². The predicted molar refractivity (Wildman–Crippen MR) is 86.4 cm³/mol. The van der Waals surface area contributed by atoms with Gasteiger partial charge >= 0.3 is 0 Å². The lowest BCUT2D eigenvalue weighted by Crippen LogP contribution is -2.28. The van der Waals surface area contributed by atoms with Gasteiger partial charge in [-0.05, 0) is 18.2 Å². The topological polar surface area (TPSA) is 98.3 Å². The first kappa shape index (κ1) is 14.8. The van der Waals surface area contributed by atoms with Crippen molar-refractivity contribution in [1.29, 1.82) is 5.41 Å². The van der Waals surface area contributed by atoms with Gasteiger partial charge in [-0.3, -0.25) is 9.59 Å². The Bertz CT molecular complexity index is 782. The fourth-order valence-corrected chi connectivity index (χ4v) is 2.61. The fraction of sp³-hybridized carbons (Fsp3) is 0.188. The molecule has 0 fully saturated rings. The predicted octanol–water partition coefficient (Wildman–Crippen LogP) is 1.71. The lowest BCUT2D eigenvalue weighted by Gasteiger charge is -2.29. The summed E-state index contributed by atoms with van der Waals surface area (Å²) in [5.74, 6) is 1.08. The average molecular weight is 312 g/mol. The van der Waals surface area contributed by atoms with Gasteiger partial charge in [0.25, 0.3) is 5.91 Å². The molecule has 23 heavy (non-hydrogen) atoms. The van der Waals surface area contributed by atoms with Gasteiger partial charge in [-0.2, -0.15) is 0 Å². The molecule has 1 aliphatic heterocycles. The number of benzene rings is 1. The number of nitrogens with one attached hydrogen (secondary N) is 3. The molecule has 0 unspecified atom stereocenters. The molecule has 0 bridgehead atoms. The van der Waals surface area contributed by atoms with E-state index in [4.69, 9.17) is 10.1 Å². The molecule has 0 saturated heterocycles. The second kappa shape index (κ2) is 5.96. The third-order valence-electron chi connectivity index (χ3n) is 3.73. The first-order valence-corrected chi connectivity index (χ1v) is 7.13. The van der Waals surface area contributed by atoms with Gasteiger partial charge < -0.3 is 25.3 Å². The van der Waals surface area contributed by atoms with E-state index >= 15 is 0 Å². The molecule has 0 atom stereocenters. The number of carbonyl (C=O) groups excluding carboxylic acids is 2. The molecular formula is C16H16N4O3. The molecule has 3 rings (SSSR count). The number of fused-ring (bicyclic) bond motifs is 1. The van der Waals surface area contributed by atoms with E-state index in [0.717, 1.165) is 18.2 Å². The molecular weight excluding hydrogens is 296 g/mol. The van der Waals surface area contributed by atoms with Crippen LogP contribution in [0.2, 0.25) is 0 Å². The molecule has 1 aromatic carbocycles. The third-order valence-corrected chi connectivity index (χ3v) is 3.73. The molecule has 118 valence electrons. The Labute approximate surface area is 132 Å². The van der Waals surface area contributed by atoms with E-state index in [9.17, 15) is 9.59 Å². The number of anilines is 2. The lowest BCUT2D eigenvalue weighted by atomic mass is 10.1. The summed E-state index contributed by atoms with van der Waals surface area (Å²) < 4.78 is 5.55. The second-order valence-corrected chi connectivity index (χ2v) is 5.05. The molecule has 3 N–H and O–H groups in total. The van der Waals surface area contributed by atoms with Crippen molar-refractivity contribution in [1.82, 2.24) is 10.3 Å². The van der Waals surface area contributed by atoms with Crippen molar-refractivity contribution in [2.24, 2.45) is 0 Å². The fourth-order valence-electron chi connectivity index (χ4n) is 2.61. The highest BCUT2D eigenvalue weighted by Crippen LogP contribution is 2.36. The smallest absolute Gasteiger partial charge is 0.251 e. The van der Waals surface area contributed by atoms with E-state index < -0.39 is 0 Å². The first-order valence-electron chi connectivity index (χ1n) is 7.13. The van der Waals surface area contributed by atoms with Crippen LogP contribution >= 0.6 is 0 Å². The van der Waals surface area contributed by atoms with Crippen LogP contribution in [0.3, 0.4) is 0 Å². The Morgan fingerprint density at radius 1 is 1.43 bits per heavy atom. The van der Waals surface area contributed by atoms with Crippen molar-refractivity contribution in [2.75, 3.05) is 25.1 Å². The van der Waals surface area contributed by atoms with Gasteiger partial charge in [0.15, 0.2) is 17.9 Å². The van der Waals surface area contributed by atoms with Crippen LogP contribution in [0.1, 0.15) is 26.4 Å². The molecule has 0 saturated carbocycles. The van der Waals surface area contributed by atoms with Crippen molar-refractivity contribution in [3.05, 3.63) is 41.1 Å². The summed E-state index contributed by atoms with van der Waals surface area (Å²) in [5, 5.41) is 10.1. The summed E-state index contributed by atoms with van der Waals surface area (Å²) in [5.41, 5.74) is 2.23. The number of aromatic amines is 1. The zero-order valence-electron chi connectivity index (χ0n) is 12.6. The van der Waals surface area contributed by atoms with Crippen molar-refractivity contribution < 1.29 is 14.3 Å². The van der Waals surface area contributed by atoms with E-state index in [1.807, 2.05) is 11.0 Å². The van der Waals surface area contributed by atoms with Crippen LogP contribution in [-0.4, -0.2) is 43.6 Å². The highest BCUT2D eigenvalue weighted by atomic mass is 16.5. The maximum atomic E-state index is 11.8. The van der Waals surface area contributed by atoms with Crippen molar-refractivity contribution in [3.63, 3.8) is 0 Å². The maximum absolute atomic E-state index is 11.8. The summed E-state index contributed by atoms with van der Waals surface area (Å²) in [6, 6.07) is 6.93. The largest absolute Gasteiger partial charge is 0.488 e. The van der Waals surface area contributed by atoms with Gasteiger partial charge in [-0.15, -0.1) is 0 Å². The number of aldehydes is 1. The number of hydrogen-bond acceptors (Lipinski definition) is 5. The average Bonchev–Trinajstić information content (AvgIpc) is 3.03. The van der Waals surface area contributed by atoms with Gasteiger partial charge in [-0.25, -0.2) is 0 Å². The van der Waals surface area contributed by atoms with Crippen molar-refractivity contribution >= 4 is 29.9 Å². The number of aromatic nitrogens is 1. The third kappa shape index (κ3) is 2.57. The number of hydrogen-bond donors (Lipinski definition) is 3. The monoisotopic (exact) mass is 312 g/mol. The van der Waals surface area contributed by atoms with Crippen LogP contribution in [0.5, 0.6) is 5.75 Å². The molecule has 7 nitrogen and oxygen atoms in total. The van der Waals surface area contributed by atoms with E-state index in [1.54, 1.807) is 25.2 Å². The summed E-state index contributed by atoms with van der Waals surface area (Å²) in [4.78, 5) is 27.7. The molecule has 1 aliphatic rings. The molecule has 7 heteroatoms. The summed E-state index contributed by atoms with van der Waals surface area (Å²) in [6.45, 7) is 1.09. The summed E-state index contributed by atoms with van der Waals surface area (Å²) in [7, 11) is 1.55. The SMILES string of the molecule is CNC(=O)c1ccc(N2CCOc3cc(C=O)[nH]c32)cc1C=N. The van der Waals surface area contributed by atoms with Gasteiger partial charge in [-0.1, -0.05) is 0 Å². The molecule has 0 radical (unpaired) electrons. The molecule has 1 amide bonds. The van der Waals surface area contributed by atoms with E-state index in [-0.39, 0.29) is 5.91 Å². The minimum Gasteiger partial charge on any atom is -0.488 e. The van der Waals surface area contributed by atoms with Gasteiger partial charge in [0.1, 0.15) is 6.61 Å². The highest BCUT2D eigenvalue weighted by Gasteiger charge is 2.23. The van der Waals surface area contributed by atoms with E-state index in [0.29, 0.717) is 41.5 Å². The minimum absolute atomic E-state index is 0.235. The second-order valence-electron chi connectivity index (χ2n) is 5.05. The number of rotatable bonds is 4. The molecule has 2 heterocycles. The molecule has 0 spiro atoms. The zero-order valence-corrected chi connectivity index (χ0v) is 12.6. The number of carbonyl (C=O) groups is 2. The summed E-state index contributed by atoms with van der Waals surface area (Å²) >= 11 is 0. The number of nitrogens with zero attached hydrogens (tertiary/aromatic N) is 1. The van der Waals surface area contributed by atoms with Crippen LogP contribution in [0.25, 0.3) is 0 Å². The Kier molecular flexibility index (Phi) is 3.84. The Hall–Kier alpha value is -3.09. The maximum Gasteiger partial charge on any atom is 0.251 e. The van der Waals surface area contributed by atoms with Crippen LogP contribution in [0.4, 0.5) is 11.5 Å². The zero-order chi connectivity index (χ0) is 16.4. The van der Waals surface area contributed by atoms with Crippen LogP contribution in [-0.2, 0) is 0 Å². The number of amides is 1. The van der Waals surface area contributed by atoms with Gasteiger partial charge in [0.2, 0.25) is 0 Å². The lowest BCUT2D eigenvalue weighted by molar-refractivity contribution is 0.0962. The minimum atomic E-state index is -0.235. The van der Waals surface area contributed by atoms with Gasteiger partial charge in [0.05, 0.1) is 12.2 Å². The van der Waals surface area contributed by atoms with Crippen LogP contribution < -0.4 is 15.0 Å². The van der Waals surface area contributed by atoms with E-state index in [1.165, 1.54) is 0 Å². The number of ether oxygens (including phenoxy) is 1. The molecule has 2 aromatic rings. The van der Waals surface area contributed by atoms with Crippen molar-refractivity contribution in [3.8, 4) is 5.75 Å². The van der Waals surface area contributed by atoms with Crippen LogP contribution in [0, 0.1) is 5.41 Å². The normalized spacial score (nSPS) is 13.0. The Morgan fingerprint density at radius 3 is 2.96 bits per heavy atom. The number of H-pyrrole nitrogens is 1. The molecule has 1 aromatic heterocycles. The standard InChI is InChI=1S/C16H16N4O3/c1-18-16(22)13-3-2-12(6-10(13)8-17)20-4-5-23-14-7-11(9-21)19-15(14)20/h2-3,6-9,17,19H,4-5H2,1H3,(H,18,22). The first-order chi connectivity index (χ1) is 11.2.